The maximum absolute atomic E-state index is 12.3. The molecule has 0 unspecified atom stereocenters. The molecule has 1 aromatic rings. The van der Waals surface area contributed by atoms with Crippen molar-refractivity contribution in [3.05, 3.63) is 35.4 Å². The Balaban J connectivity index is 1.87. The van der Waals surface area contributed by atoms with E-state index in [0.29, 0.717) is 17.7 Å². The Kier molecular flexibility index (Phi) is 6.59. The van der Waals surface area contributed by atoms with E-state index in [9.17, 15) is 9.59 Å². The van der Waals surface area contributed by atoms with Gasteiger partial charge in [0, 0.05) is 23.7 Å². The fourth-order valence-corrected chi connectivity index (χ4v) is 2.84. The van der Waals surface area contributed by atoms with Crippen LogP contribution in [0.5, 0.6) is 0 Å². The van der Waals surface area contributed by atoms with Crippen molar-refractivity contribution in [2.24, 2.45) is 0 Å². The molecule has 2 rings (SSSR count). The molecule has 0 spiro atoms. The molecule has 1 aromatic carbocycles. The standard InChI is InChI=1S/C18H27N3O2/c1-21(2)12-6-11-19-17(22)14-7-5-8-15(13-14)18(23)20-16-9-3-4-10-16/h5,7-8,13,16H,3-4,6,9-12H2,1-2H3,(H,19,22)(H,20,23). The van der Waals surface area contributed by atoms with Crippen LogP contribution in [0.3, 0.4) is 0 Å². The molecule has 0 radical (unpaired) electrons. The minimum absolute atomic E-state index is 0.0841. The van der Waals surface area contributed by atoms with E-state index in [4.69, 9.17) is 0 Å². The van der Waals surface area contributed by atoms with Crippen molar-refractivity contribution in [3.8, 4) is 0 Å². The number of amides is 2. The number of hydrogen-bond donors (Lipinski definition) is 2. The molecule has 0 saturated heterocycles. The summed E-state index contributed by atoms with van der Waals surface area (Å²) in [4.78, 5) is 26.5. The van der Waals surface area contributed by atoms with Crippen molar-refractivity contribution in [1.29, 1.82) is 0 Å². The van der Waals surface area contributed by atoms with Gasteiger partial charge in [0.25, 0.3) is 11.8 Å². The molecule has 1 aliphatic carbocycles. The van der Waals surface area contributed by atoms with Crippen molar-refractivity contribution in [3.63, 3.8) is 0 Å². The first-order chi connectivity index (χ1) is 11.1. The third-order valence-electron chi connectivity index (χ3n) is 4.14. The first-order valence-corrected chi connectivity index (χ1v) is 8.40. The van der Waals surface area contributed by atoms with Crippen LogP contribution in [0.2, 0.25) is 0 Å². The van der Waals surface area contributed by atoms with Crippen LogP contribution >= 0.6 is 0 Å². The van der Waals surface area contributed by atoms with Gasteiger partial charge in [-0.25, -0.2) is 0 Å². The average Bonchev–Trinajstić information content (AvgIpc) is 3.04. The van der Waals surface area contributed by atoms with E-state index < -0.39 is 0 Å². The summed E-state index contributed by atoms with van der Waals surface area (Å²) >= 11 is 0. The van der Waals surface area contributed by atoms with Crippen LogP contribution in [0.15, 0.2) is 24.3 Å². The van der Waals surface area contributed by atoms with Gasteiger partial charge in [-0.05, 0) is 58.1 Å². The van der Waals surface area contributed by atoms with E-state index in [2.05, 4.69) is 15.5 Å². The molecule has 5 nitrogen and oxygen atoms in total. The van der Waals surface area contributed by atoms with Gasteiger partial charge >= 0.3 is 0 Å². The van der Waals surface area contributed by atoms with Crippen LogP contribution in [0.1, 0.15) is 52.8 Å². The maximum Gasteiger partial charge on any atom is 0.251 e. The number of nitrogens with one attached hydrogen (secondary N) is 2. The summed E-state index contributed by atoms with van der Waals surface area (Å²) in [5.41, 5.74) is 1.09. The van der Waals surface area contributed by atoms with Gasteiger partial charge < -0.3 is 15.5 Å². The molecule has 126 valence electrons. The minimum atomic E-state index is -0.126. The van der Waals surface area contributed by atoms with Gasteiger partial charge in [0.2, 0.25) is 0 Å². The second-order valence-electron chi connectivity index (χ2n) is 6.45. The highest BCUT2D eigenvalue weighted by molar-refractivity contribution is 5.99. The molecule has 1 fully saturated rings. The second kappa shape index (κ2) is 8.67. The fraction of sp³-hybridized carbons (Fsp3) is 0.556. The quantitative estimate of drug-likeness (QED) is 0.757. The lowest BCUT2D eigenvalue weighted by atomic mass is 10.1. The lowest BCUT2D eigenvalue weighted by Crippen LogP contribution is -2.33. The van der Waals surface area contributed by atoms with Gasteiger partial charge in [-0.2, -0.15) is 0 Å². The summed E-state index contributed by atoms with van der Waals surface area (Å²) in [6.45, 7) is 1.57. The predicted molar refractivity (Wildman–Crippen MR) is 91.7 cm³/mol. The summed E-state index contributed by atoms with van der Waals surface area (Å²) < 4.78 is 0. The third-order valence-corrected chi connectivity index (χ3v) is 4.14. The lowest BCUT2D eigenvalue weighted by Gasteiger charge is -2.13. The van der Waals surface area contributed by atoms with Crippen LogP contribution < -0.4 is 10.6 Å². The first-order valence-electron chi connectivity index (χ1n) is 8.40. The van der Waals surface area contributed by atoms with Crippen LogP contribution in [-0.2, 0) is 0 Å². The zero-order chi connectivity index (χ0) is 16.7. The molecular weight excluding hydrogens is 290 g/mol. The van der Waals surface area contributed by atoms with E-state index >= 15 is 0 Å². The number of benzene rings is 1. The Hall–Kier alpha value is -1.88. The summed E-state index contributed by atoms with van der Waals surface area (Å²) in [5, 5.41) is 5.95. The Bertz CT molecular complexity index is 537. The number of carbonyl (C=O) groups excluding carboxylic acids is 2. The zero-order valence-corrected chi connectivity index (χ0v) is 14.1. The van der Waals surface area contributed by atoms with Gasteiger partial charge in [0.15, 0.2) is 0 Å². The number of nitrogens with zero attached hydrogens (tertiary/aromatic N) is 1. The van der Waals surface area contributed by atoms with E-state index in [1.165, 1.54) is 12.8 Å². The van der Waals surface area contributed by atoms with Crippen molar-refractivity contribution < 1.29 is 9.59 Å². The lowest BCUT2D eigenvalue weighted by molar-refractivity contribution is 0.0938. The Morgan fingerprint density at radius 1 is 1.13 bits per heavy atom. The van der Waals surface area contributed by atoms with Gasteiger partial charge in [0.1, 0.15) is 0 Å². The molecule has 23 heavy (non-hydrogen) atoms. The highest BCUT2D eigenvalue weighted by Gasteiger charge is 2.18. The SMILES string of the molecule is CN(C)CCCNC(=O)c1cccc(C(=O)NC2CCCC2)c1. The number of rotatable bonds is 7. The van der Waals surface area contributed by atoms with Crippen molar-refractivity contribution in [1.82, 2.24) is 15.5 Å². The van der Waals surface area contributed by atoms with Gasteiger partial charge in [-0.3, -0.25) is 9.59 Å². The topological polar surface area (TPSA) is 61.4 Å². The third kappa shape index (κ3) is 5.67. The van der Waals surface area contributed by atoms with E-state index in [1.54, 1.807) is 24.3 Å². The van der Waals surface area contributed by atoms with E-state index in [1.807, 2.05) is 14.1 Å². The summed E-state index contributed by atoms with van der Waals surface area (Å²) in [6, 6.07) is 7.22. The minimum Gasteiger partial charge on any atom is -0.352 e. The highest BCUT2D eigenvalue weighted by atomic mass is 16.2. The molecule has 0 heterocycles. The molecule has 0 aromatic heterocycles. The monoisotopic (exact) mass is 317 g/mol. The normalized spacial score (nSPS) is 14.9. The van der Waals surface area contributed by atoms with Gasteiger partial charge in [-0.15, -0.1) is 0 Å². The highest BCUT2D eigenvalue weighted by Crippen LogP contribution is 2.18. The molecule has 0 aliphatic heterocycles. The zero-order valence-electron chi connectivity index (χ0n) is 14.1. The fourth-order valence-electron chi connectivity index (χ4n) is 2.84. The van der Waals surface area contributed by atoms with Gasteiger partial charge in [0.05, 0.1) is 0 Å². The second-order valence-corrected chi connectivity index (χ2v) is 6.45. The van der Waals surface area contributed by atoms with Crippen LogP contribution in [-0.4, -0.2) is 49.9 Å². The first kappa shape index (κ1) is 17.5. The maximum atomic E-state index is 12.3. The van der Waals surface area contributed by atoms with Crippen LogP contribution in [0.4, 0.5) is 0 Å². The van der Waals surface area contributed by atoms with Crippen LogP contribution in [0.25, 0.3) is 0 Å². The van der Waals surface area contributed by atoms with Crippen LogP contribution in [0, 0.1) is 0 Å². The van der Waals surface area contributed by atoms with E-state index in [0.717, 1.165) is 25.8 Å². The Morgan fingerprint density at radius 3 is 2.43 bits per heavy atom. The summed E-state index contributed by atoms with van der Waals surface area (Å²) in [5.74, 6) is -0.210. The molecular formula is C18H27N3O2. The average molecular weight is 317 g/mol. The molecule has 0 bridgehead atoms. The van der Waals surface area contributed by atoms with Crippen molar-refractivity contribution in [2.75, 3.05) is 27.2 Å². The molecule has 0 atom stereocenters. The number of hydrogen-bond acceptors (Lipinski definition) is 3. The van der Waals surface area contributed by atoms with Gasteiger partial charge in [-0.1, -0.05) is 18.9 Å². The molecule has 2 N–H and O–H groups in total. The Morgan fingerprint density at radius 2 is 1.78 bits per heavy atom. The Labute approximate surface area is 138 Å². The predicted octanol–water partition coefficient (Wildman–Crippen LogP) is 2.04. The van der Waals surface area contributed by atoms with Crippen molar-refractivity contribution >= 4 is 11.8 Å². The largest absolute Gasteiger partial charge is 0.352 e. The molecule has 5 heteroatoms. The summed E-state index contributed by atoms with van der Waals surface area (Å²) in [6.07, 6.45) is 5.37. The molecule has 1 aliphatic rings. The molecule has 2 amide bonds. The number of carbonyl (C=O) groups is 2. The van der Waals surface area contributed by atoms with Crippen molar-refractivity contribution in [2.45, 2.75) is 38.1 Å². The summed E-state index contributed by atoms with van der Waals surface area (Å²) in [7, 11) is 4.02. The molecule has 1 saturated carbocycles. The van der Waals surface area contributed by atoms with E-state index in [-0.39, 0.29) is 17.9 Å². The smallest absolute Gasteiger partial charge is 0.251 e.